The number of hydrogen-bond acceptors (Lipinski definition) is 5. The van der Waals surface area contributed by atoms with Crippen LogP contribution in [0.15, 0.2) is 84.9 Å². The van der Waals surface area contributed by atoms with Crippen molar-refractivity contribution in [2.75, 3.05) is 5.32 Å². The molecule has 0 saturated heterocycles. The van der Waals surface area contributed by atoms with Crippen molar-refractivity contribution < 1.29 is 4.74 Å². The van der Waals surface area contributed by atoms with Crippen LogP contribution in [-0.2, 0) is 6.61 Å². The maximum absolute atomic E-state index is 5.94. The molecule has 0 aliphatic heterocycles. The van der Waals surface area contributed by atoms with E-state index in [1.807, 2.05) is 73.7 Å². The second-order valence-electron chi connectivity index (χ2n) is 7.38. The van der Waals surface area contributed by atoms with Crippen molar-refractivity contribution in [1.82, 2.24) is 9.97 Å². The van der Waals surface area contributed by atoms with Crippen molar-refractivity contribution in [2.24, 2.45) is 0 Å². The van der Waals surface area contributed by atoms with Gasteiger partial charge in [0.2, 0.25) is 0 Å². The van der Waals surface area contributed by atoms with Gasteiger partial charge >= 0.3 is 0 Å². The zero-order chi connectivity index (χ0) is 21.9. The van der Waals surface area contributed by atoms with Gasteiger partial charge in [-0.3, -0.25) is 0 Å². The summed E-state index contributed by atoms with van der Waals surface area (Å²) in [6, 6.07) is 28.0. The van der Waals surface area contributed by atoms with Gasteiger partial charge in [-0.2, -0.15) is 0 Å². The van der Waals surface area contributed by atoms with E-state index in [2.05, 4.69) is 33.5 Å². The molecule has 0 atom stereocenters. The number of rotatable bonds is 6. The van der Waals surface area contributed by atoms with Crippen LogP contribution < -0.4 is 10.1 Å². The molecule has 3 aromatic carbocycles. The molecule has 6 heteroatoms. The number of benzene rings is 3. The van der Waals surface area contributed by atoms with Gasteiger partial charge in [0, 0.05) is 15.6 Å². The van der Waals surface area contributed by atoms with Gasteiger partial charge in [-0.1, -0.05) is 54.1 Å². The van der Waals surface area contributed by atoms with E-state index < -0.39 is 0 Å². The van der Waals surface area contributed by atoms with Crippen molar-refractivity contribution in [2.45, 2.75) is 13.5 Å². The van der Waals surface area contributed by atoms with Gasteiger partial charge in [0.25, 0.3) is 0 Å². The molecule has 0 unspecified atom stereocenters. The molecule has 0 amide bonds. The highest BCUT2D eigenvalue weighted by molar-refractivity contribution is 7.21. The van der Waals surface area contributed by atoms with Gasteiger partial charge in [0.1, 0.15) is 28.8 Å². The lowest BCUT2D eigenvalue weighted by Crippen LogP contribution is -1.98. The lowest BCUT2D eigenvalue weighted by molar-refractivity contribution is 0.306. The lowest BCUT2D eigenvalue weighted by Gasteiger charge is -2.10. The minimum Gasteiger partial charge on any atom is -0.489 e. The Balaban J connectivity index is 1.34. The Kier molecular flexibility index (Phi) is 5.75. The third-order valence-electron chi connectivity index (χ3n) is 5.00. The molecule has 1 N–H and O–H groups in total. The van der Waals surface area contributed by atoms with Gasteiger partial charge < -0.3 is 10.1 Å². The van der Waals surface area contributed by atoms with Gasteiger partial charge in [-0.15, -0.1) is 11.3 Å². The van der Waals surface area contributed by atoms with E-state index in [-0.39, 0.29) is 0 Å². The number of nitrogens with zero attached hydrogens (tertiary/aromatic N) is 2. The standard InChI is InChI=1S/C26H20ClN3OS/c1-17-28-25(23-15-24(32-26(23)29-17)19-5-3-2-4-6-19)30-21-11-13-22(14-12-21)31-16-18-7-9-20(27)10-8-18/h2-15H,16H2,1H3,(H,28,29,30). The SMILES string of the molecule is Cc1nc(Nc2ccc(OCc3ccc(Cl)cc3)cc2)c2cc(-c3ccccc3)sc2n1. The molecule has 0 aliphatic rings. The Bertz CT molecular complexity index is 1350. The fourth-order valence-corrected chi connectivity index (χ4v) is 4.59. The van der Waals surface area contributed by atoms with E-state index in [0.29, 0.717) is 6.61 Å². The van der Waals surface area contributed by atoms with Gasteiger partial charge in [-0.05, 0) is 60.5 Å². The Labute approximate surface area is 195 Å². The van der Waals surface area contributed by atoms with Crippen LogP contribution in [0.1, 0.15) is 11.4 Å². The van der Waals surface area contributed by atoms with Crippen molar-refractivity contribution in [3.63, 3.8) is 0 Å². The summed E-state index contributed by atoms with van der Waals surface area (Å²) in [5.41, 5.74) is 3.19. The molecule has 0 fully saturated rings. The summed E-state index contributed by atoms with van der Waals surface area (Å²) in [6.07, 6.45) is 0. The number of ether oxygens (including phenoxy) is 1. The minimum atomic E-state index is 0.493. The number of fused-ring (bicyclic) bond motifs is 1. The topological polar surface area (TPSA) is 47.0 Å². The van der Waals surface area contributed by atoms with Crippen molar-refractivity contribution in [3.05, 3.63) is 101 Å². The zero-order valence-corrected chi connectivity index (χ0v) is 19.0. The summed E-state index contributed by atoms with van der Waals surface area (Å²) < 4.78 is 5.88. The largest absolute Gasteiger partial charge is 0.489 e. The Morgan fingerprint density at radius 3 is 2.41 bits per heavy atom. The number of halogens is 1. The second-order valence-corrected chi connectivity index (χ2v) is 8.85. The number of aromatic nitrogens is 2. The molecule has 2 aromatic heterocycles. The highest BCUT2D eigenvalue weighted by atomic mass is 35.5. The van der Waals surface area contributed by atoms with Crippen LogP contribution in [0.5, 0.6) is 5.75 Å². The summed E-state index contributed by atoms with van der Waals surface area (Å²) in [5, 5.41) is 5.18. The fourth-order valence-electron chi connectivity index (χ4n) is 3.39. The van der Waals surface area contributed by atoms with Crippen LogP contribution in [-0.4, -0.2) is 9.97 Å². The lowest BCUT2D eigenvalue weighted by atomic mass is 10.2. The molecule has 2 heterocycles. The van der Waals surface area contributed by atoms with E-state index in [9.17, 15) is 0 Å². The van der Waals surface area contributed by atoms with E-state index in [1.165, 1.54) is 10.4 Å². The first-order chi connectivity index (χ1) is 15.6. The monoisotopic (exact) mass is 457 g/mol. The molecule has 0 saturated carbocycles. The van der Waals surface area contributed by atoms with Crippen molar-refractivity contribution >= 4 is 44.7 Å². The molecular formula is C26H20ClN3OS. The normalized spacial score (nSPS) is 10.9. The summed E-state index contributed by atoms with van der Waals surface area (Å²) in [7, 11) is 0. The van der Waals surface area contributed by atoms with E-state index in [4.69, 9.17) is 16.3 Å². The molecule has 0 spiro atoms. The fraction of sp³-hybridized carbons (Fsp3) is 0.0769. The minimum absolute atomic E-state index is 0.493. The van der Waals surface area contributed by atoms with Crippen LogP contribution in [0.2, 0.25) is 5.02 Å². The zero-order valence-electron chi connectivity index (χ0n) is 17.4. The molecule has 5 rings (SSSR count). The van der Waals surface area contributed by atoms with Crippen LogP contribution in [0.4, 0.5) is 11.5 Å². The number of anilines is 2. The first kappa shape index (κ1) is 20.5. The highest BCUT2D eigenvalue weighted by Gasteiger charge is 2.12. The Morgan fingerprint density at radius 1 is 0.906 bits per heavy atom. The number of thiophene rings is 1. The summed E-state index contributed by atoms with van der Waals surface area (Å²) in [4.78, 5) is 11.4. The third-order valence-corrected chi connectivity index (χ3v) is 6.33. The van der Waals surface area contributed by atoms with E-state index in [0.717, 1.165) is 43.9 Å². The van der Waals surface area contributed by atoms with Gasteiger partial charge in [0.05, 0.1) is 5.39 Å². The molecule has 5 aromatic rings. The summed E-state index contributed by atoms with van der Waals surface area (Å²) in [5.74, 6) is 2.35. The predicted octanol–water partition coefficient (Wildman–Crippen LogP) is 7.64. The van der Waals surface area contributed by atoms with E-state index in [1.54, 1.807) is 11.3 Å². The van der Waals surface area contributed by atoms with Crippen molar-refractivity contribution in [1.29, 1.82) is 0 Å². The van der Waals surface area contributed by atoms with Crippen LogP contribution >= 0.6 is 22.9 Å². The maximum atomic E-state index is 5.94. The first-order valence-electron chi connectivity index (χ1n) is 10.2. The van der Waals surface area contributed by atoms with Gasteiger partial charge in [0.15, 0.2) is 0 Å². The Morgan fingerprint density at radius 2 is 1.66 bits per heavy atom. The Hall–Kier alpha value is -3.41. The molecule has 32 heavy (non-hydrogen) atoms. The van der Waals surface area contributed by atoms with Crippen LogP contribution in [0.25, 0.3) is 20.7 Å². The van der Waals surface area contributed by atoms with Crippen molar-refractivity contribution in [3.8, 4) is 16.2 Å². The number of aryl methyl sites for hydroxylation is 1. The van der Waals surface area contributed by atoms with E-state index >= 15 is 0 Å². The average Bonchev–Trinajstić information content (AvgIpc) is 3.24. The summed E-state index contributed by atoms with van der Waals surface area (Å²) in [6.45, 7) is 2.41. The molecule has 0 radical (unpaired) electrons. The molecule has 0 aliphatic carbocycles. The van der Waals surface area contributed by atoms with Crippen LogP contribution in [0.3, 0.4) is 0 Å². The third kappa shape index (κ3) is 4.59. The van der Waals surface area contributed by atoms with Crippen LogP contribution in [0, 0.1) is 6.92 Å². The molecule has 0 bridgehead atoms. The quantitative estimate of drug-likeness (QED) is 0.284. The summed E-state index contributed by atoms with van der Waals surface area (Å²) >= 11 is 7.61. The smallest absolute Gasteiger partial charge is 0.142 e. The highest BCUT2D eigenvalue weighted by Crippen LogP contribution is 2.36. The predicted molar refractivity (Wildman–Crippen MR) is 133 cm³/mol. The number of hydrogen-bond donors (Lipinski definition) is 1. The molecule has 4 nitrogen and oxygen atoms in total. The molecular weight excluding hydrogens is 438 g/mol. The average molecular weight is 458 g/mol. The maximum Gasteiger partial charge on any atom is 0.142 e. The van der Waals surface area contributed by atoms with Gasteiger partial charge in [-0.25, -0.2) is 9.97 Å². The first-order valence-corrected chi connectivity index (χ1v) is 11.4. The second kappa shape index (κ2) is 8.99. The number of nitrogens with one attached hydrogen (secondary N) is 1. The molecule has 158 valence electrons.